The van der Waals surface area contributed by atoms with E-state index < -0.39 is 0 Å². The Balaban J connectivity index is 0.00000200. The molecule has 0 aromatic carbocycles. The monoisotopic (exact) mass is 301 g/mol. The molecule has 1 aliphatic heterocycles. The molecule has 2 heterocycles. The van der Waals surface area contributed by atoms with Gasteiger partial charge in [0.2, 0.25) is 5.91 Å². The van der Waals surface area contributed by atoms with E-state index >= 15 is 0 Å². The lowest BCUT2D eigenvalue weighted by atomic mass is 10.1. The molecule has 112 valence electrons. The Kier molecular flexibility index (Phi) is 7.11. The minimum absolute atomic E-state index is 0. The second-order valence-corrected chi connectivity index (χ2v) is 4.59. The van der Waals surface area contributed by atoms with E-state index in [1.54, 1.807) is 12.1 Å². The maximum absolute atomic E-state index is 11.7. The van der Waals surface area contributed by atoms with Crippen LogP contribution in [0.25, 0.3) is 0 Å². The maximum Gasteiger partial charge on any atom is 0.286 e. The van der Waals surface area contributed by atoms with E-state index in [1.807, 2.05) is 0 Å². The number of rotatable bonds is 5. The minimum Gasteiger partial charge on any atom is -0.459 e. The van der Waals surface area contributed by atoms with E-state index in [0.717, 1.165) is 25.9 Å². The average molecular weight is 302 g/mol. The fourth-order valence-corrected chi connectivity index (χ4v) is 2.06. The Hall–Kier alpha value is -1.53. The first-order chi connectivity index (χ1) is 9.25. The van der Waals surface area contributed by atoms with Crippen molar-refractivity contribution in [3.63, 3.8) is 0 Å². The molecular formula is C13H20ClN3O3. The van der Waals surface area contributed by atoms with E-state index in [-0.39, 0.29) is 42.4 Å². The second kappa shape index (κ2) is 8.60. The molecule has 1 saturated heterocycles. The summed E-state index contributed by atoms with van der Waals surface area (Å²) in [7, 11) is 0. The molecule has 2 rings (SSSR count). The van der Waals surface area contributed by atoms with Crippen molar-refractivity contribution in [1.29, 1.82) is 0 Å². The summed E-state index contributed by atoms with van der Waals surface area (Å²) in [6.07, 6.45) is 3.82. The molecule has 20 heavy (non-hydrogen) atoms. The molecule has 1 aromatic rings. The predicted octanol–water partition coefficient (Wildman–Crippen LogP) is 0.689. The third-order valence-corrected chi connectivity index (χ3v) is 3.04. The lowest BCUT2D eigenvalue weighted by Crippen LogP contribution is -2.46. The van der Waals surface area contributed by atoms with E-state index in [1.165, 1.54) is 6.26 Å². The minimum atomic E-state index is -0.294. The molecule has 1 fully saturated rings. The highest BCUT2D eigenvalue weighted by Gasteiger charge is 2.15. The number of furan rings is 1. The predicted molar refractivity (Wildman–Crippen MR) is 76.9 cm³/mol. The van der Waals surface area contributed by atoms with Gasteiger partial charge in [-0.1, -0.05) is 0 Å². The molecule has 0 radical (unpaired) electrons. The van der Waals surface area contributed by atoms with Crippen LogP contribution in [0.5, 0.6) is 0 Å². The number of hydrogen-bond acceptors (Lipinski definition) is 4. The third-order valence-electron chi connectivity index (χ3n) is 3.04. The Morgan fingerprint density at radius 2 is 2.30 bits per heavy atom. The van der Waals surface area contributed by atoms with Gasteiger partial charge in [-0.2, -0.15) is 0 Å². The molecule has 0 spiro atoms. The molecule has 6 nitrogen and oxygen atoms in total. The van der Waals surface area contributed by atoms with Gasteiger partial charge in [0.25, 0.3) is 5.91 Å². The summed E-state index contributed by atoms with van der Waals surface area (Å²) in [5, 5.41) is 8.83. The van der Waals surface area contributed by atoms with Gasteiger partial charge in [0, 0.05) is 25.6 Å². The molecule has 0 bridgehead atoms. The fraction of sp³-hybridized carbons (Fsp3) is 0.538. The van der Waals surface area contributed by atoms with Gasteiger partial charge < -0.3 is 20.4 Å². The van der Waals surface area contributed by atoms with Crippen LogP contribution in [0.2, 0.25) is 0 Å². The topological polar surface area (TPSA) is 83.4 Å². The Bertz CT molecular complexity index is 417. The van der Waals surface area contributed by atoms with Gasteiger partial charge in [-0.25, -0.2) is 0 Å². The van der Waals surface area contributed by atoms with E-state index in [0.29, 0.717) is 6.54 Å². The van der Waals surface area contributed by atoms with Crippen LogP contribution in [0.1, 0.15) is 29.8 Å². The molecule has 1 aromatic heterocycles. The van der Waals surface area contributed by atoms with Crippen molar-refractivity contribution in [3.8, 4) is 0 Å². The first kappa shape index (κ1) is 16.5. The molecule has 1 atom stereocenters. The van der Waals surface area contributed by atoms with Gasteiger partial charge in [-0.3, -0.25) is 9.59 Å². The zero-order valence-corrected chi connectivity index (χ0v) is 12.0. The summed E-state index contributed by atoms with van der Waals surface area (Å²) in [6, 6.07) is 3.45. The molecule has 3 N–H and O–H groups in total. The number of halogens is 1. The van der Waals surface area contributed by atoms with Crippen LogP contribution in [0.3, 0.4) is 0 Å². The van der Waals surface area contributed by atoms with E-state index in [2.05, 4.69) is 16.0 Å². The smallest absolute Gasteiger partial charge is 0.286 e. The average Bonchev–Trinajstić information content (AvgIpc) is 2.93. The van der Waals surface area contributed by atoms with Gasteiger partial charge in [0.15, 0.2) is 5.76 Å². The number of nitrogens with one attached hydrogen (secondary N) is 3. The van der Waals surface area contributed by atoms with Crippen LogP contribution < -0.4 is 16.0 Å². The molecule has 0 aliphatic carbocycles. The van der Waals surface area contributed by atoms with Gasteiger partial charge in [0.05, 0.1) is 6.26 Å². The standard InChI is InChI=1S/C13H19N3O3.ClH/c17-12(16-10-3-1-6-14-9-10)5-7-15-13(18)11-4-2-8-19-11;/h2,4,8,10,14H,1,3,5-7,9H2,(H,15,18)(H,16,17);1H. The number of piperidine rings is 1. The van der Waals surface area contributed by atoms with Gasteiger partial charge in [-0.05, 0) is 31.5 Å². The van der Waals surface area contributed by atoms with Crippen molar-refractivity contribution < 1.29 is 14.0 Å². The number of amides is 2. The number of carbonyl (C=O) groups is 2. The van der Waals surface area contributed by atoms with Crippen LogP contribution >= 0.6 is 12.4 Å². The molecule has 7 heteroatoms. The second-order valence-electron chi connectivity index (χ2n) is 4.59. The van der Waals surface area contributed by atoms with Crippen molar-refractivity contribution in [1.82, 2.24) is 16.0 Å². The summed E-state index contributed by atoms with van der Waals surface area (Å²) >= 11 is 0. The molecule has 2 amide bonds. The summed E-state index contributed by atoms with van der Waals surface area (Å²) < 4.78 is 4.95. The van der Waals surface area contributed by atoms with Crippen molar-refractivity contribution in [2.24, 2.45) is 0 Å². The first-order valence-electron chi connectivity index (χ1n) is 6.57. The zero-order chi connectivity index (χ0) is 13.5. The van der Waals surface area contributed by atoms with Crippen LogP contribution in [-0.4, -0.2) is 37.5 Å². The molecule has 0 saturated carbocycles. The Morgan fingerprint density at radius 1 is 1.45 bits per heavy atom. The SMILES string of the molecule is Cl.O=C(CCNC(=O)c1ccco1)NC1CCCNC1. The van der Waals surface area contributed by atoms with Crippen LogP contribution in [0, 0.1) is 0 Å². The third kappa shape index (κ3) is 5.22. The first-order valence-corrected chi connectivity index (χ1v) is 6.57. The lowest BCUT2D eigenvalue weighted by molar-refractivity contribution is -0.121. The summed E-state index contributed by atoms with van der Waals surface area (Å²) in [5.41, 5.74) is 0. The van der Waals surface area contributed by atoms with Crippen molar-refractivity contribution in [2.45, 2.75) is 25.3 Å². The molecule has 1 unspecified atom stereocenters. The highest BCUT2D eigenvalue weighted by Crippen LogP contribution is 2.01. The summed E-state index contributed by atoms with van der Waals surface area (Å²) in [6.45, 7) is 2.15. The highest BCUT2D eigenvalue weighted by atomic mass is 35.5. The van der Waals surface area contributed by atoms with Gasteiger partial charge in [-0.15, -0.1) is 12.4 Å². The van der Waals surface area contributed by atoms with Crippen molar-refractivity contribution >= 4 is 24.2 Å². The summed E-state index contributed by atoms with van der Waals surface area (Å²) in [5.74, 6) is -0.0672. The Morgan fingerprint density at radius 3 is 2.95 bits per heavy atom. The van der Waals surface area contributed by atoms with E-state index in [4.69, 9.17) is 4.42 Å². The van der Waals surface area contributed by atoms with Crippen LogP contribution in [-0.2, 0) is 4.79 Å². The maximum atomic E-state index is 11.7. The Labute approximate surface area is 124 Å². The number of carbonyl (C=O) groups excluding carboxylic acids is 2. The zero-order valence-electron chi connectivity index (χ0n) is 11.2. The lowest BCUT2D eigenvalue weighted by Gasteiger charge is -2.23. The highest BCUT2D eigenvalue weighted by molar-refractivity contribution is 5.91. The van der Waals surface area contributed by atoms with Crippen molar-refractivity contribution in [3.05, 3.63) is 24.2 Å². The normalized spacial score (nSPS) is 17.9. The van der Waals surface area contributed by atoms with Crippen molar-refractivity contribution in [2.75, 3.05) is 19.6 Å². The van der Waals surface area contributed by atoms with E-state index in [9.17, 15) is 9.59 Å². The van der Waals surface area contributed by atoms with Crippen LogP contribution in [0.4, 0.5) is 0 Å². The molecule has 1 aliphatic rings. The number of hydrogen-bond donors (Lipinski definition) is 3. The molecular weight excluding hydrogens is 282 g/mol. The largest absolute Gasteiger partial charge is 0.459 e. The van der Waals surface area contributed by atoms with Gasteiger partial charge in [0.1, 0.15) is 0 Å². The quantitative estimate of drug-likeness (QED) is 0.747. The summed E-state index contributed by atoms with van der Waals surface area (Å²) in [4.78, 5) is 23.2. The van der Waals surface area contributed by atoms with Crippen LogP contribution in [0.15, 0.2) is 22.8 Å². The van der Waals surface area contributed by atoms with Gasteiger partial charge >= 0.3 is 0 Å². The fourth-order valence-electron chi connectivity index (χ4n) is 2.06.